The Labute approximate surface area is 205 Å². The molecule has 2 amide bonds. The van der Waals surface area contributed by atoms with E-state index in [1.165, 1.54) is 12.1 Å². The van der Waals surface area contributed by atoms with Crippen molar-refractivity contribution >= 4 is 57.5 Å². The van der Waals surface area contributed by atoms with Crippen molar-refractivity contribution in [3.05, 3.63) is 87.0 Å². The van der Waals surface area contributed by atoms with Gasteiger partial charge in [-0.3, -0.25) is 25.4 Å². The predicted molar refractivity (Wildman–Crippen MR) is 132 cm³/mol. The van der Waals surface area contributed by atoms with E-state index in [0.717, 1.165) is 27.9 Å². The summed E-state index contributed by atoms with van der Waals surface area (Å²) in [6, 6.07) is 15.9. The first-order chi connectivity index (χ1) is 15.9. The minimum Gasteiger partial charge on any atom is -0.353 e. The summed E-state index contributed by atoms with van der Waals surface area (Å²) in [4.78, 5) is 32.4. The lowest BCUT2D eigenvalue weighted by Gasteiger charge is -2.09. The molecule has 0 fully saturated rings. The third-order valence-corrected chi connectivity index (χ3v) is 5.89. The fourth-order valence-electron chi connectivity index (χ4n) is 3.56. The highest BCUT2D eigenvalue weighted by atomic mass is 35.5. The summed E-state index contributed by atoms with van der Waals surface area (Å²) in [6.07, 6.45) is 3.13. The van der Waals surface area contributed by atoms with Crippen molar-refractivity contribution in [2.45, 2.75) is 19.3 Å². The number of H-pyrrole nitrogens is 1. The van der Waals surface area contributed by atoms with Crippen LogP contribution < -0.4 is 10.9 Å². The van der Waals surface area contributed by atoms with E-state index >= 15 is 0 Å². The minimum absolute atomic E-state index is 0.203. The highest BCUT2D eigenvalue weighted by molar-refractivity contribution is 6.36. The number of nitrogens with one attached hydrogen (secondary N) is 3. The maximum absolute atomic E-state index is 12.3. The molecular formula is C24H19Cl3N4O2. The summed E-state index contributed by atoms with van der Waals surface area (Å²) in [5.74, 6) is -0.834. The average Bonchev–Trinajstić information content (AvgIpc) is 3.16. The molecule has 0 unspecified atom stereocenters. The number of hydrogen-bond acceptors (Lipinski definition) is 3. The van der Waals surface area contributed by atoms with Gasteiger partial charge in [0, 0.05) is 33.6 Å². The second-order valence-corrected chi connectivity index (χ2v) is 8.64. The number of amides is 2. The molecule has 0 bridgehead atoms. The fraction of sp³-hybridized carbons (Fsp3) is 0.125. The Morgan fingerprint density at radius 1 is 0.939 bits per heavy atom. The lowest BCUT2D eigenvalue weighted by Crippen LogP contribution is -2.41. The van der Waals surface area contributed by atoms with Crippen molar-refractivity contribution < 1.29 is 9.59 Å². The van der Waals surface area contributed by atoms with Crippen LogP contribution in [-0.4, -0.2) is 21.8 Å². The maximum Gasteiger partial charge on any atom is 0.271 e. The number of halogens is 3. The van der Waals surface area contributed by atoms with Crippen LogP contribution in [0.4, 0.5) is 0 Å². The molecule has 6 nitrogen and oxygen atoms in total. The molecule has 0 saturated heterocycles. The van der Waals surface area contributed by atoms with Gasteiger partial charge in [-0.2, -0.15) is 0 Å². The Bertz CT molecular complexity index is 1320. The summed E-state index contributed by atoms with van der Waals surface area (Å²) < 4.78 is 0. The third-order valence-electron chi connectivity index (χ3n) is 5.11. The van der Waals surface area contributed by atoms with Crippen LogP contribution in [0.2, 0.25) is 15.1 Å². The van der Waals surface area contributed by atoms with Crippen LogP contribution in [0.15, 0.2) is 60.8 Å². The van der Waals surface area contributed by atoms with Crippen molar-refractivity contribution in [3.63, 3.8) is 0 Å². The summed E-state index contributed by atoms with van der Waals surface area (Å²) in [5, 5.41) is 2.25. The zero-order chi connectivity index (χ0) is 23.4. The molecule has 0 aliphatic rings. The monoisotopic (exact) mass is 500 g/mol. The molecule has 3 N–H and O–H groups in total. The highest BCUT2D eigenvalue weighted by Gasteiger charge is 2.16. The zero-order valence-electron chi connectivity index (χ0n) is 17.3. The lowest BCUT2D eigenvalue weighted by atomic mass is 10.0. The van der Waals surface area contributed by atoms with Gasteiger partial charge in [0.1, 0.15) is 0 Å². The SMILES string of the molecule is O=C(CCCc1c(-c2ccccn2)[nH]c2ccc(Cl)cc12)NNC(=O)c1ccc(Cl)cc1Cl. The molecule has 0 spiro atoms. The molecular weight excluding hydrogens is 483 g/mol. The van der Waals surface area contributed by atoms with Crippen LogP contribution in [0.3, 0.4) is 0 Å². The number of aromatic nitrogens is 2. The molecule has 0 saturated carbocycles. The number of rotatable bonds is 6. The molecule has 9 heteroatoms. The first kappa shape index (κ1) is 23.1. The Hall–Kier alpha value is -3.06. The molecule has 168 valence electrons. The second-order valence-electron chi connectivity index (χ2n) is 7.36. The van der Waals surface area contributed by atoms with Crippen molar-refractivity contribution in [1.82, 2.24) is 20.8 Å². The number of aromatic amines is 1. The van der Waals surface area contributed by atoms with Gasteiger partial charge < -0.3 is 4.98 Å². The molecule has 4 rings (SSSR count). The van der Waals surface area contributed by atoms with E-state index < -0.39 is 5.91 Å². The first-order valence-electron chi connectivity index (χ1n) is 10.2. The summed E-state index contributed by atoms with van der Waals surface area (Å²) >= 11 is 18.1. The van der Waals surface area contributed by atoms with Crippen LogP contribution in [0.5, 0.6) is 0 Å². The predicted octanol–water partition coefficient (Wildman–Crippen LogP) is 5.97. The van der Waals surface area contributed by atoms with Gasteiger partial charge in [-0.05, 0) is 66.9 Å². The molecule has 0 aliphatic heterocycles. The van der Waals surface area contributed by atoms with Crippen LogP contribution in [0.1, 0.15) is 28.8 Å². The number of nitrogens with zero attached hydrogens (tertiary/aromatic N) is 1. The van der Waals surface area contributed by atoms with E-state index in [1.54, 1.807) is 12.3 Å². The Morgan fingerprint density at radius 3 is 2.48 bits per heavy atom. The second kappa shape index (κ2) is 10.3. The number of pyridine rings is 1. The summed E-state index contributed by atoms with van der Waals surface area (Å²) in [6.45, 7) is 0. The third kappa shape index (κ3) is 5.47. The molecule has 4 aromatic rings. The van der Waals surface area contributed by atoms with Gasteiger partial charge in [0.05, 0.1) is 22.0 Å². The van der Waals surface area contributed by atoms with Crippen LogP contribution in [-0.2, 0) is 11.2 Å². The number of aryl methyl sites for hydroxylation is 1. The average molecular weight is 502 g/mol. The Kier molecular flexibility index (Phi) is 7.18. The molecule has 0 aliphatic carbocycles. The van der Waals surface area contributed by atoms with Gasteiger partial charge in [-0.25, -0.2) is 0 Å². The maximum atomic E-state index is 12.3. The molecule has 33 heavy (non-hydrogen) atoms. The Morgan fingerprint density at radius 2 is 1.73 bits per heavy atom. The van der Waals surface area contributed by atoms with Crippen molar-refractivity contribution in [2.24, 2.45) is 0 Å². The van der Waals surface area contributed by atoms with Gasteiger partial charge in [-0.15, -0.1) is 0 Å². The van der Waals surface area contributed by atoms with Crippen LogP contribution in [0, 0.1) is 0 Å². The van der Waals surface area contributed by atoms with E-state index in [2.05, 4.69) is 20.8 Å². The molecule has 2 aromatic carbocycles. The molecule has 0 atom stereocenters. The standard InChI is InChI=1S/C24H19Cl3N4O2/c25-14-8-10-20-18(12-14)16(23(29-20)21-5-1-2-11-28-21)4-3-6-22(32)30-31-24(33)17-9-7-15(26)13-19(17)27/h1-2,5,7-13,29H,3-4,6H2,(H,30,32)(H,31,33). The van der Waals surface area contributed by atoms with Gasteiger partial charge in [-0.1, -0.05) is 40.9 Å². The van der Waals surface area contributed by atoms with Crippen LogP contribution >= 0.6 is 34.8 Å². The number of carbonyl (C=O) groups excluding carboxylic acids is 2. The van der Waals surface area contributed by atoms with Gasteiger partial charge in [0.15, 0.2) is 0 Å². The van der Waals surface area contributed by atoms with E-state index in [9.17, 15) is 9.59 Å². The first-order valence-corrected chi connectivity index (χ1v) is 11.3. The topological polar surface area (TPSA) is 86.9 Å². The number of benzene rings is 2. The number of fused-ring (bicyclic) bond motifs is 1. The number of carbonyl (C=O) groups is 2. The van der Waals surface area contributed by atoms with E-state index in [4.69, 9.17) is 34.8 Å². The number of hydrogen-bond donors (Lipinski definition) is 3. The van der Waals surface area contributed by atoms with E-state index in [1.807, 2.05) is 36.4 Å². The molecule has 2 aromatic heterocycles. The largest absolute Gasteiger partial charge is 0.353 e. The zero-order valence-corrected chi connectivity index (χ0v) is 19.6. The summed E-state index contributed by atoms with van der Waals surface area (Å²) in [5.41, 5.74) is 8.73. The van der Waals surface area contributed by atoms with E-state index in [-0.39, 0.29) is 22.9 Å². The van der Waals surface area contributed by atoms with Crippen molar-refractivity contribution in [2.75, 3.05) is 0 Å². The van der Waals surface area contributed by atoms with Gasteiger partial charge >= 0.3 is 0 Å². The van der Waals surface area contributed by atoms with Gasteiger partial charge in [0.25, 0.3) is 5.91 Å². The minimum atomic E-state index is -0.520. The van der Waals surface area contributed by atoms with Crippen molar-refractivity contribution in [3.8, 4) is 11.4 Å². The highest BCUT2D eigenvalue weighted by Crippen LogP contribution is 2.32. The Balaban J connectivity index is 1.41. The smallest absolute Gasteiger partial charge is 0.271 e. The summed E-state index contributed by atoms with van der Waals surface area (Å²) in [7, 11) is 0. The van der Waals surface area contributed by atoms with Crippen LogP contribution in [0.25, 0.3) is 22.3 Å². The van der Waals surface area contributed by atoms with Crippen molar-refractivity contribution in [1.29, 1.82) is 0 Å². The van der Waals surface area contributed by atoms with Gasteiger partial charge in [0.2, 0.25) is 5.91 Å². The quantitative estimate of drug-likeness (QED) is 0.284. The van der Waals surface area contributed by atoms with E-state index in [0.29, 0.717) is 22.9 Å². The molecule has 0 radical (unpaired) electrons. The normalized spacial score (nSPS) is 10.9. The molecule has 2 heterocycles. The fourth-order valence-corrected chi connectivity index (χ4v) is 4.23. The lowest BCUT2D eigenvalue weighted by molar-refractivity contribution is -0.121. The number of hydrazine groups is 1.